The number of carbonyl (C=O) groups excluding carboxylic acids is 1. The molecule has 0 unspecified atom stereocenters. The molecule has 0 fully saturated rings. The van der Waals surface area contributed by atoms with E-state index in [-0.39, 0.29) is 18.6 Å². The zero-order chi connectivity index (χ0) is 24.0. The number of ether oxygens (including phenoxy) is 1. The first-order valence-electron chi connectivity index (χ1n) is 11.5. The Kier molecular flexibility index (Phi) is 6.79. The van der Waals surface area contributed by atoms with Gasteiger partial charge in [-0.3, -0.25) is 0 Å². The number of aliphatic hydroxyl groups excluding tert-OH is 1. The summed E-state index contributed by atoms with van der Waals surface area (Å²) in [6.07, 6.45) is 4.38. The number of nitrogens with zero attached hydrogens (tertiary/aromatic N) is 4. The van der Waals surface area contributed by atoms with Crippen molar-refractivity contribution in [2.45, 2.75) is 18.8 Å². The lowest BCUT2D eigenvalue weighted by Gasteiger charge is -2.33. The molecular weight excluding hydrogens is 440 g/mol. The molecule has 35 heavy (non-hydrogen) atoms. The summed E-state index contributed by atoms with van der Waals surface area (Å²) in [7, 11) is 0. The molecule has 1 aliphatic rings. The average molecular weight is 467 g/mol. The van der Waals surface area contributed by atoms with Crippen molar-refractivity contribution in [3.63, 3.8) is 0 Å². The number of aliphatic hydroxyl groups is 1. The first kappa shape index (κ1) is 22.7. The average Bonchev–Trinajstić information content (AvgIpc) is 3.41. The molecule has 0 aliphatic carbocycles. The first-order chi connectivity index (χ1) is 17.2. The minimum atomic E-state index is -0.738. The highest BCUT2D eigenvalue weighted by Gasteiger charge is 2.29. The number of rotatable bonds is 6. The van der Waals surface area contributed by atoms with Crippen LogP contribution in [0.2, 0.25) is 0 Å². The van der Waals surface area contributed by atoms with Gasteiger partial charge in [0.1, 0.15) is 5.69 Å². The van der Waals surface area contributed by atoms with E-state index in [2.05, 4.69) is 22.4 Å². The fraction of sp³-hybridized carbons (Fsp3) is 0.179. The summed E-state index contributed by atoms with van der Waals surface area (Å²) in [4.78, 5) is 14.8. The summed E-state index contributed by atoms with van der Waals surface area (Å²) in [6.45, 7) is 0.921. The quantitative estimate of drug-likeness (QED) is 0.426. The number of amides is 1. The lowest BCUT2D eigenvalue weighted by Crippen LogP contribution is -2.49. The molecule has 3 aromatic carbocycles. The molecule has 0 bridgehead atoms. The van der Waals surface area contributed by atoms with E-state index < -0.39 is 6.10 Å². The summed E-state index contributed by atoms with van der Waals surface area (Å²) in [5.41, 5.74) is 4.76. The summed E-state index contributed by atoms with van der Waals surface area (Å²) in [5, 5.41) is 18.4. The maximum atomic E-state index is 13.3. The van der Waals surface area contributed by atoms with Crippen molar-refractivity contribution in [2.75, 3.05) is 13.2 Å². The predicted octanol–water partition coefficient (Wildman–Crippen LogP) is 4.40. The third-order valence-corrected chi connectivity index (χ3v) is 5.96. The molecule has 0 saturated carbocycles. The van der Waals surface area contributed by atoms with Crippen molar-refractivity contribution in [1.29, 1.82) is 0 Å². The van der Waals surface area contributed by atoms with Crippen molar-refractivity contribution < 1.29 is 14.6 Å². The van der Waals surface area contributed by atoms with E-state index in [0.29, 0.717) is 18.9 Å². The van der Waals surface area contributed by atoms with Gasteiger partial charge in [-0.25, -0.2) is 4.79 Å². The molecule has 5 rings (SSSR count). The van der Waals surface area contributed by atoms with Crippen molar-refractivity contribution in [2.24, 2.45) is 0 Å². The van der Waals surface area contributed by atoms with E-state index in [4.69, 9.17) is 4.74 Å². The molecular formula is C28H26N4O3. The number of β-amino-alcohol motifs (C(OH)–C–C–N with tert-alkyl or cyclic N) is 1. The third kappa shape index (κ3) is 5.37. The minimum Gasteiger partial charge on any atom is -0.387 e. The molecule has 1 aliphatic heterocycles. The Hall–Kier alpha value is -4.07. The van der Waals surface area contributed by atoms with Crippen molar-refractivity contribution >= 4 is 6.03 Å². The summed E-state index contributed by atoms with van der Waals surface area (Å²) >= 11 is 0. The van der Waals surface area contributed by atoms with Crippen molar-refractivity contribution in [1.82, 2.24) is 19.9 Å². The predicted molar refractivity (Wildman–Crippen MR) is 133 cm³/mol. The monoisotopic (exact) mass is 466 g/mol. The first-order valence-corrected chi connectivity index (χ1v) is 11.5. The molecule has 4 aromatic rings. The second-order valence-electron chi connectivity index (χ2n) is 8.45. The Morgan fingerprint density at radius 2 is 1.54 bits per heavy atom. The Morgan fingerprint density at radius 3 is 2.29 bits per heavy atom. The van der Waals surface area contributed by atoms with Crippen LogP contribution in [-0.2, 0) is 11.3 Å². The molecule has 0 saturated heterocycles. The largest absolute Gasteiger partial charge is 0.387 e. The van der Waals surface area contributed by atoms with E-state index >= 15 is 0 Å². The van der Waals surface area contributed by atoms with Crippen LogP contribution in [0.5, 0.6) is 0 Å². The van der Waals surface area contributed by atoms with Gasteiger partial charge in [-0.2, -0.15) is 4.68 Å². The van der Waals surface area contributed by atoms with Gasteiger partial charge < -0.3 is 14.7 Å². The molecule has 2 heterocycles. The van der Waals surface area contributed by atoms with Gasteiger partial charge in [-0.15, -0.1) is 5.10 Å². The van der Waals surface area contributed by atoms with Gasteiger partial charge in [0, 0.05) is 5.56 Å². The fourth-order valence-electron chi connectivity index (χ4n) is 4.08. The Morgan fingerprint density at radius 1 is 0.886 bits per heavy atom. The smallest absolute Gasteiger partial charge is 0.346 e. The summed E-state index contributed by atoms with van der Waals surface area (Å²) < 4.78 is 7.08. The molecule has 0 radical (unpaired) electrons. The van der Waals surface area contributed by atoms with E-state index in [9.17, 15) is 9.90 Å². The fourth-order valence-corrected chi connectivity index (χ4v) is 4.08. The van der Waals surface area contributed by atoms with E-state index in [1.165, 1.54) is 4.68 Å². The van der Waals surface area contributed by atoms with Gasteiger partial charge in [0.15, 0.2) is 0 Å². The highest BCUT2D eigenvalue weighted by atomic mass is 16.5. The number of carbonyl (C=O) groups is 1. The van der Waals surface area contributed by atoms with E-state index in [1.807, 2.05) is 72.8 Å². The van der Waals surface area contributed by atoms with E-state index in [1.54, 1.807) is 23.2 Å². The Labute approximate surface area is 203 Å². The van der Waals surface area contributed by atoms with Gasteiger partial charge >= 0.3 is 6.03 Å². The molecule has 2 atom stereocenters. The van der Waals surface area contributed by atoms with Crippen molar-refractivity contribution in [3.8, 4) is 22.4 Å². The van der Waals surface area contributed by atoms with Crippen LogP contribution in [0.25, 0.3) is 22.4 Å². The standard InChI is InChI=1S/C28H26N4O3/c33-26-16-15-25(20-35-19-21-7-3-1-4-8-21)31(17-26)28(34)32-18-27(29-30-32)24-13-11-23(12-14-24)22-9-5-2-6-10-22/h1-16,18,25-26,33H,17,19-20H2/t25-,26+/m1/s1. The second-order valence-corrected chi connectivity index (χ2v) is 8.45. The number of aromatic nitrogens is 3. The lowest BCUT2D eigenvalue weighted by molar-refractivity contribution is 0.0570. The van der Waals surface area contributed by atoms with Crippen LogP contribution in [-0.4, -0.2) is 56.3 Å². The van der Waals surface area contributed by atoms with Crippen LogP contribution in [0.3, 0.4) is 0 Å². The van der Waals surface area contributed by atoms with Crippen LogP contribution in [0.15, 0.2) is 103 Å². The molecule has 1 N–H and O–H groups in total. The molecule has 7 heteroatoms. The molecule has 0 spiro atoms. The summed E-state index contributed by atoms with van der Waals surface area (Å²) in [5.74, 6) is 0. The molecule has 1 amide bonds. The third-order valence-electron chi connectivity index (χ3n) is 5.96. The normalized spacial score (nSPS) is 17.5. The number of hydrogen-bond donors (Lipinski definition) is 1. The van der Waals surface area contributed by atoms with Gasteiger partial charge in [-0.1, -0.05) is 102 Å². The molecule has 1 aromatic heterocycles. The topological polar surface area (TPSA) is 80.5 Å². The SMILES string of the molecule is O=C(N1C[C@@H](O)C=C[C@@H]1COCc1ccccc1)n1cc(-c2ccc(-c3ccccc3)cc2)nn1. The zero-order valence-electron chi connectivity index (χ0n) is 19.1. The zero-order valence-corrected chi connectivity index (χ0v) is 19.1. The van der Waals surface area contributed by atoms with Gasteiger partial charge in [-0.05, 0) is 16.7 Å². The minimum absolute atomic E-state index is 0.162. The van der Waals surface area contributed by atoms with Gasteiger partial charge in [0.05, 0.1) is 38.1 Å². The van der Waals surface area contributed by atoms with Crippen LogP contribution in [0.4, 0.5) is 4.79 Å². The van der Waals surface area contributed by atoms with E-state index in [0.717, 1.165) is 22.3 Å². The summed E-state index contributed by atoms with van der Waals surface area (Å²) in [6, 6.07) is 27.3. The van der Waals surface area contributed by atoms with Crippen LogP contribution in [0, 0.1) is 0 Å². The van der Waals surface area contributed by atoms with Crippen LogP contribution < -0.4 is 0 Å². The Balaban J connectivity index is 1.27. The van der Waals surface area contributed by atoms with Gasteiger partial charge in [0.2, 0.25) is 0 Å². The molecule has 7 nitrogen and oxygen atoms in total. The second kappa shape index (κ2) is 10.5. The molecule has 176 valence electrons. The number of benzene rings is 3. The van der Waals surface area contributed by atoms with Crippen LogP contribution in [0.1, 0.15) is 5.56 Å². The highest BCUT2D eigenvalue weighted by molar-refractivity contribution is 5.78. The van der Waals surface area contributed by atoms with Gasteiger partial charge in [0.25, 0.3) is 0 Å². The maximum absolute atomic E-state index is 13.3. The lowest BCUT2D eigenvalue weighted by atomic mass is 10.0. The number of hydrogen-bond acceptors (Lipinski definition) is 5. The highest BCUT2D eigenvalue weighted by Crippen LogP contribution is 2.24. The van der Waals surface area contributed by atoms with Crippen molar-refractivity contribution in [3.05, 3.63) is 109 Å². The maximum Gasteiger partial charge on any atom is 0.346 e. The Bertz CT molecular complexity index is 1290. The van der Waals surface area contributed by atoms with Crippen LogP contribution >= 0.6 is 0 Å².